The lowest BCUT2D eigenvalue weighted by Crippen LogP contribution is -2.35. The van der Waals surface area contributed by atoms with Gasteiger partial charge in [-0.05, 0) is 47.7 Å². The van der Waals surface area contributed by atoms with Gasteiger partial charge in [-0.2, -0.15) is 5.10 Å². The molecule has 10 heteroatoms. The van der Waals surface area contributed by atoms with Gasteiger partial charge in [-0.15, -0.1) is 0 Å². The van der Waals surface area contributed by atoms with Crippen molar-refractivity contribution in [2.75, 3.05) is 6.54 Å². The van der Waals surface area contributed by atoms with Gasteiger partial charge in [-0.25, -0.2) is 10.9 Å². The molecule has 4 rings (SSSR count). The number of amides is 3. The van der Waals surface area contributed by atoms with Crippen LogP contribution in [-0.2, 0) is 20.9 Å². The van der Waals surface area contributed by atoms with Crippen molar-refractivity contribution in [3.05, 3.63) is 119 Å². The maximum absolute atomic E-state index is 13.2. The highest BCUT2D eigenvalue weighted by Crippen LogP contribution is 2.22. The zero-order chi connectivity index (χ0) is 29.7. The first-order valence-corrected chi connectivity index (χ1v) is 13.6. The van der Waals surface area contributed by atoms with Gasteiger partial charge in [0, 0.05) is 30.5 Å². The quantitative estimate of drug-likeness (QED) is 0.128. The molecule has 0 bridgehead atoms. The normalized spacial score (nSPS) is 17.1. The number of nitrogens with zero attached hydrogens (tertiary/aromatic N) is 2. The molecule has 3 amide bonds. The van der Waals surface area contributed by atoms with Gasteiger partial charge in [0.1, 0.15) is 6.10 Å². The molecule has 216 valence electrons. The second kappa shape index (κ2) is 15.1. The molecule has 0 saturated carbocycles. The van der Waals surface area contributed by atoms with E-state index in [1.165, 1.54) is 36.0 Å². The molecule has 0 aromatic heterocycles. The Kier molecular flexibility index (Phi) is 10.7. The predicted octanol–water partition coefficient (Wildman–Crippen LogP) is 4.31. The fourth-order valence-corrected chi connectivity index (χ4v) is 4.38. The van der Waals surface area contributed by atoms with Crippen molar-refractivity contribution in [2.24, 2.45) is 5.10 Å². The van der Waals surface area contributed by atoms with E-state index >= 15 is 0 Å². The summed E-state index contributed by atoms with van der Waals surface area (Å²) in [7, 11) is 0. The van der Waals surface area contributed by atoms with Crippen LogP contribution in [0.15, 0.2) is 96.1 Å². The Morgan fingerprint density at radius 1 is 0.905 bits per heavy atom. The third-order valence-electron chi connectivity index (χ3n) is 6.61. The Bertz CT molecular complexity index is 1450. The summed E-state index contributed by atoms with van der Waals surface area (Å²) in [6.07, 6.45) is 6.54. The van der Waals surface area contributed by atoms with Crippen molar-refractivity contribution in [1.29, 1.82) is 0 Å². The first-order chi connectivity index (χ1) is 20.4. The second-order valence-corrected chi connectivity index (χ2v) is 9.67. The zero-order valence-electron chi connectivity index (χ0n) is 22.9. The first kappa shape index (κ1) is 29.9. The van der Waals surface area contributed by atoms with E-state index < -0.39 is 17.9 Å². The van der Waals surface area contributed by atoms with Crippen LogP contribution in [0.4, 0.5) is 0 Å². The minimum Gasteiger partial charge on any atom is -0.456 e. The van der Waals surface area contributed by atoms with E-state index in [9.17, 15) is 19.2 Å². The third-order valence-corrected chi connectivity index (χ3v) is 6.61. The topological polar surface area (TPSA) is 137 Å². The molecule has 0 aliphatic carbocycles. The van der Waals surface area contributed by atoms with E-state index in [0.29, 0.717) is 31.4 Å². The van der Waals surface area contributed by atoms with E-state index in [-0.39, 0.29) is 36.0 Å². The van der Waals surface area contributed by atoms with Crippen LogP contribution < -0.4 is 10.9 Å². The molecule has 1 heterocycles. The van der Waals surface area contributed by atoms with Crippen molar-refractivity contribution in [1.82, 2.24) is 15.8 Å². The number of hydrogen-bond donors (Lipinski definition) is 3. The molecule has 0 unspecified atom stereocenters. The maximum atomic E-state index is 13.2. The summed E-state index contributed by atoms with van der Waals surface area (Å²) in [5.41, 5.74) is 6.69. The van der Waals surface area contributed by atoms with Crippen molar-refractivity contribution >= 4 is 29.9 Å². The molecular weight excluding hydrogens is 536 g/mol. The average Bonchev–Trinajstić information content (AvgIpc) is 3.02. The Labute approximate surface area is 243 Å². The number of hydroxylamine groups is 1. The summed E-state index contributed by atoms with van der Waals surface area (Å²) in [6, 6.07) is 22.6. The number of allylic oxidation sites excluding steroid dienone is 2. The number of hydrazone groups is 1. The molecule has 1 aliphatic rings. The molecule has 3 aromatic carbocycles. The number of ether oxygens (including phenoxy) is 1. The predicted molar refractivity (Wildman–Crippen MR) is 155 cm³/mol. The third kappa shape index (κ3) is 8.70. The van der Waals surface area contributed by atoms with Gasteiger partial charge in [-0.1, -0.05) is 72.8 Å². The van der Waals surface area contributed by atoms with E-state index in [2.05, 4.69) is 10.5 Å². The van der Waals surface area contributed by atoms with Crippen molar-refractivity contribution in [3.8, 4) is 0 Å². The highest BCUT2D eigenvalue weighted by Gasteiger charge is 2.24. The summed E-state index contributed by atoms with van der Waals surface area (Å²) < 4.78 is 5.81. The van der Waals surface area contributed by atoms with Crippen LogP contribution in [0.2, 0.25) is 0 Å². The molecule has 1 atom stereocenters. The van der Waals surface area contributed by atoms with Crippen LogP contribution in [0, 0.1) is 0 Å². The lowest BCUT2D eigenvalue weighted by molar-refractivity contribution is -0.152. The number of carbonyl (C=O) groups excluding carboxylic acids is 4. The van der Waals surface area contributed by atoms with Crippen LogP contribution in [0.1, 0.15) is 69.2 Å². The summed E-state index contributed by atoms with van der Waals surface area (Å²) in [5, 5.41) is 12.8. The second-order valence-electron chi connectivity index (χ2n) is 9.67. The number of rotatable bonds is 7. The zero-order valence-corrected chi connectivity index (χ0v) is 22.9. The monoisotopic (exact) mass is 568 g/mol. The fraction of sp³-hybridized carbons (Fsp3) is 0.219. The number of esters is 1. The van der Waals surface area contributed by atoms with Crippen molar-refractivity contribution < 1.29 is 29.1 Å². The Morgan fingerprint density at radius 2 is 1.60 bits per heavy atom. The van der Waals surface area contributed by atoms with Crippen LogP contribution in [-0.4, -0.2) is 46.6 Å². The molecule has 0 spiro atoms. The highest BCUT2D eigenvalue weighted by molar-refractivity contribution is 5.99. The molecule has 42 heavy (non-hydrogen) atoms. The minimum atomic E-state index is -0.726. The van der Waals surface area contributed by atoms with Gasteiger partial charge in [0.15, 0.2) is 0 Å². The fourth-order valence-electron chi connectivity index (χ4n) is 4.38. The van der Waals surface area contributed by atoms with Gasteiger partial charge >= 0.3 is 5.97 Å². The number of nitrogens with one attached hydrogen (secondary N) is 2. The summed E-state index contributed by atoms with van der Waals surface area (Å²) in [5.74, 6) is -1.59. The Balaban J connectivity index is 1.43. The Morgan fingerprint density at radius 3 is 2.31 bits per heavy atom. The molecule has 10 nitrogen and oxygen atoms in total. The van der Waals surface area contributed by atoms with Crippen LogP contribution >= 0.6 is 0 Å². The van der Waals surface area contributed by atoms with E-state index in [0.717, 1.165) is 11.1 Å². The molecule has 0 saturated heterocycles. The number of hydrogen-bond acceptors (Lipinski definition) is 7. The van der Waals surface area contributed by atoms with Crippen LogP contribution in [0.3, 0.4) is 0 Å². The van der Waals surface area contributed by atoms with E-state index in [4.69, 9.17) is 9.94 Å². The van der Waals surface area contributed by atoms with E-state index in [1.54, 1.807) is 4.90 Å². The molecule has 3 N–H and O–H groups in total. The lowest BCUT2D eigenvalue weighted by Gasteiger charge is -2.28. The highest BCUT2D eigenvalue weighted by atomic mass is 16.5. The SMILES string of the molecule is O=C1CC/C=C/CCC(=O)N(Cc2ccc(/C=N/NC(=O)c3cccc(C(=O)NO)c3)cc2)C[C@H](c2ccccc2)O1. The number of benzene rings is 3. The Hall–Kier alpha value is -5.09. The minimum absolute atomic E-state index is 0.0360. The van der Waals surface area contributed by atoms with Gasteiger partial charge in [0.25, 0.3) is 11.8 Å². The summed E-state index contributed by atoms with van der Waals surface area (Å²) in [6.45, 7) is 0.560. The van der Waals surface area contributed by atoms with Gasteiger partial charge in [-0.3, -0.25) is 24.4 Å². The van der Waals surface area contributed by atoms with E-state index in [1.807, 2.05) is 66.7 Å². The molecule has 0 radical (unpaired) electrons. The van der Waals surface area contributed by atoms with Crippen LogP contribution in [0.25, 0.3) is 0 Å². The number of cyclic esters (lactones) is 1. The van der Waals surface area contributed by atoms with Gasteiger partial charge < -0.3 is 9.64 Å². The maximum Gasteiger partial charge on any atom is 0.306 e. The van der Waals surface area contributed by atoms with Crippen molar-refractivity contribution in [3.63, 3.8) is 0 Å². The average molecular weight is 569 g/mol. The lowest BCUT2D eigenvalue weighted by atomic mass is 10.1. The van der Waals surface area contributed by atoms with Crippen molar-refractivity contribution in [2.45, 2.75) is 38.3 Å². The summed E-state index contributed by atoms with van der Waals surface area (Å²) >= 11 is 0. The standard InChI is InChI=1S/C32H32N4O6/c37-29-13-6-1-2-7-14-30(38)42-28(25-9-4-3-5-10-25)22-36(29)21-24-17-15-23(16-18-24)20-33-34-31(39)26-11-8-12-27(19-26)32(40)35-41/h1-5,8-12,15-20,28,41H,6-7,13-14,21-22H2,(H,34,39)(H,35,40)/b2-1+,33-20+/t28-/m1/s1. The smallest absolute Gasteiger partial charge is 0.306 e. The largest absolute Gasteiger partial charge is 0.456 e. The number of carbonyl (C=O) groups is 4. The molecule has 1 aliphatic heterocycles. The first-order valence-electron chi connectivity index (χ1n) is 13.6. The molecule has 0 fully saturated rings. The van der Waals surface area contributed by atoms with Gasteiger partial charge in [0.2, 0.25) is 5.91 Å². The molecule has 3 aromatic rings. The van der Waals surface area contributed by atoms with Crippen LogP contribution in [0.5, 0.6) is 0 Å². The molecular formula is C32H32N4O6. The van der Waals surface area contributed by atoms with Gasteiger partial charge in [0.05, 0.1) is 12.8 Å². The summed E-state index contributed by atoms with van der Waals surface area (Å²) in [4.78, 5) is 51.4.